The summed E-state index contributed by atoms with van der Waals surface area (Å²) in [5.41, 5.74) is 7.97. The number of hydrogen-bond acceptors (Lipinski definition) is 4. The molecule has 0 fully saturated rings. The van der Waals surface area contributed by atoms with Crippen LogP contribution in [-0.4, -0.2) is 30.6 Å². The highest BCUT2D eigenvalue weighted by atomic mass is 16.5. The number of carbonyl (C=O) groups is 2. The average Bonchev–Trinajstić information content (AvgIpc) is 2.84. The van der Waals surface area contributed by atoms with Crippen LogP contribution in [0.5, 0.6) is 0 Å². The van der Waals surface area contributed by atoms with Crippen LogP contribution in [0, 0.1) is 5.92 Å². The molecule has 1 unspecified atom stereocenters. The molecule has 1 aromatic carbocycles. The molecule has 0 bridgehead atoms. The summed E-state index contributed by atoms with van der Waals surface area (Å²) in [4.78, 5) is 23.0. The van der Waals surface area contributed by atoms with Crippen molar-refractivity contribution in [3.63, 3.8) is 0 Å². The van der Waals surface area contributed by atoms with Gasteiger partial charge in [-0.3, -0.25) is 14.9 Å². The summed E-state index contributed by atoms with van der Waals surface area (Å²) < 4.78 is 5.11. The predicted molar refractivity (Wildman–Crippen MR) is 79.6 cm³/mol. The van der Waals surface area contributed by atoms with Gasteiger partial charge in [0.05, 0.1) is 5.92 Å². The number of nitrogens with one attached hydrogen (secondary N) is 1. The lowest BCUT2D eigenvalue weighted by molar-refractivity contribution is -0.148. The van der Waals surface area contributed by atoms with Crippen molar-refractivity contribution in [3.05, 3.63) is 35.4 Å². The number of hydrogen-bond donors (Lipinski definition) is 2. The summed E-state index contributed by atoms with van der Waals surface area (Å²) in [5, 5.41) is 3.20. The molecule has 0 aromatic heterocycles. The molecule has 0 saturated carbocycles. The summed E-state index contributed by atoms with van der Waals surface area (Å²) in [7, 11) is 0. The molecule has 5 nitrogen and oxygen atoms in total. The standard InChI is InChI=1S/C16H22N2O3/c1-10(2)16(20)21-9-14(15(17)19)18-13-7-11-5-3-4-6-12(11)8-13/h3-6,10,13-14,18H,7-9H2,1-2H3,(H2,17,19). The van der Waals surface area contributed by atoms with E-state index < -0.39 is 11.9 Å². The van der Waals surface area contributed by atoms with Crippen LogP contribution in [0.15, 0.2) is 24.3 Å². The monoisotopic (exact) mass is 290 g/mol. The lowest BCUT2D eigenvalue weighted by Crippen LogP contribution is -2.50. The number of ether oxygens (including phenoxy) is 1. The van der Waals surface area contributed by atoms with E-state index in [4.69, 9.17) is 10.5 Å². The molecule has 0 radical (unpaired) electrons. The summed E-state index contributed by atoms with van der Waals surface area (Å²) in [5.74, 6) is -1.03. The molecule has 1 atom stereocenters. The van der Waals surface area contributed by atoms with Crippen molar-refractivity contribution < 1.29 is 14.3 Å². The van der Waals surface area contributed by atoms with Gasteiger partial charge in [0.2, 0.25) is 5.91 Å². The molecule has 0 spiro atoms. The van der Waals surface area contributed by atoms with E-state index in [9.17, 15) is 9.59 Å². The minimum atomic E-state index is -0.646. The molecule has 0 heterocycles. The second-order valence-electron chi connectivity index (χ2n) is 5.78. The molecule has 1 aliphatic rings. The van der Waals surface area contributed by atoms with Crippen LogP contribution < -0.4 is 11.1 Å². The third kappa shape index (κ3) is 4.04. The first-order valence-corrected chi connectivity index (χ1v) is 7.26. The number of esters is 1. The molecule has 1 amide bonds. The van der Waals surface area contributed by atoms with Gasteiger partial charge in [-0.2, -0.15) is 0 Å². The number of primary amides is 1. The first kappa shape index (κ1) is 15.5. The first-order valence-electron chi connectivity index (χ1n) is 7.26. The van der Waals surface area contributed by atoms with Crippen molar-refractivity contribution in [3.8, 4) is 0 Å². The predicted octanol–water partition coefficient (Wildman–Crippen LogP) is 0.796. The Kier molecular flexibility index (Phi) is 4.96. The number of benzene rings is 1. The second kappa shape index (κ2) is 6.72. The Labute approximate surface area is 124 Å². The van der Waals surface area contributed by atoms with E-state index in [1.165, 1.54) is 11.1 Å². The molecule has 21 heavy (non-hydrogen) atoms. The number of fused-ring (bicyclic) bond motifs is 1. The van der Waals surface area contributed by atoms with E-state index in [0.717, 1.165) is 12.8 Å². The lowest BCUT2D eigenvalue weighted by Gasteiger charge is -2.20. The highest BCUT2D eigenvalue weighted by molar-refractivity contribution is 5.80. The van der Waals surface area contributed by atoms with Gasteiger partial charge in [0.1, 0.15) is 12.6 Å². The summed E-state index contributed by atoms with van der Waals surface area (Å²) >= 11 is 0. The highest BCUT2D eigenvalue weighted by Crippen LogP contribution is 2.21. The zero-order chi connectivity index (χ0) is 15.4. The average molecular weight is 290 g/mol. The van der Waals surface area contributed by atoms with E-state index >= 15 is 0 Å². The maximum atomic E-state index is 11.5. The van der Waals surface area contributed by atoms with Crippen molar-refractivity contribution in [2.45, 2.75) is 38.8 Å². The largest absolute Gasteiger partial charge is 0.463 e. The highest BCUT2D eigenvalue weighted by Gasteiger charge is 2.26. The lowest BCUT2D eigenvalue weighted by atomic mass is 10.1. The van der Waals surface area contributed by atoms with E-state index in [1.54, 1.807) is 13.8 Å². The Morgan fingerprint density at radius 3 is 2.33 bits per heavy atom. The van der Waals surface area contributed by atoms with Gasteiger partial charge in [-0.25, -0.2) is 0 Å². The van der Waals surface area contributed by atoms with Gasteiger partial charge in [0.15, 0.2) is 0 Å². The number of nitrogens with two attached hydrogens (primary N) is 1. The molecule has 114 valence electrons. The van der Waals surface area contributed by atoms with Gasteiger partial charge in [0, 0.05) is 6.04 Å². The minimum absolute atomic E-state index is 0.0147. The SMILES string of the molecule is CC(C)C(=O)OCC(NC1Cc2ccccc2C1)C(N)=O. The summed E-state index contributed by atoms with van der Waals surface area (Å²) in [6, 6.07) is 7.71. The normalized spacial score (nSPS) is 15.8. The van der Waals surface area contributed by atoms with Gasteiger partial charge in [0.25, 0.3) is 0 Å². The van der Waals surface area contributed by atoms with Crippen molar-refractivity contribution in [1.82, 2.24) is 5.32 Å². The molecule has 5 heteroatoms. The molecule has 3 N–H and O–H groups in total. The quantitative estimate of drug-likeness (QED) is 0.759. The fraction of sp³-hybridized carbons (Fsp3) is 0.500. The Balaban J connectivity index is 1.90. The Morgan fingerprint density at radius 1 is 1.29 bits per heavy atom. The fourth-order valence-electron chi connectivity index (χ4n) is 2.51. The molecule has 0 saturated heterocycles. The van der Waals surface area contributed by atoms with Crippen LogP contribution >= 0.6 is 0 Å². The number of amides is 1. The Bertz CT molecular complexity index is 503. The van der Waals surface area contributed by atoms with Crippen LogP contribution in [0.2, 0.25) is 0 Å². The van der Waals surface area contributed by atoms with Gasteiger partial charge in [-0.1, -0.05) is 38.1 Å². The number of rotatable bonds is 6. The van der Waals surface area contributed by atoms with Crippen molar-refractivity contribution in [1.29, 1.82) is 0 Å². The van der Waals surface area contributed by atoms with Crippen molar-refractivity contribution in [2.24, 2.45) is 11.7 Å². The number of carbonyl (C=O) groups excluding carboxylic acids is 2. The third-order valence-electron chi connectivity index (χ3n) is 3.70. The maximum absolute atomic E-state index is 11.5. The zero-order valence-electron chi connectivity index (χ0n) is 12.5. The minimum Gasteiger partial charge on any atom is -0.463 e. The Morgan fingerprint density at radius 2 is 1.86 bits per heavy atom. The summed E-state index contributed by atoms with van der Waals surface area (Å²) in [6.07, 6.45) is 1.72. The van der Waals surface area contributed by atoms with Crippen LogP contribution in [0.25, 0.3) is 0 Å². The molecule has 1 aromatic rings. The first-order chi connectivity index (χ1) is 9.97. The van der Waals surface area contributed by atoms with Gasteiger partial charge >= 0.3 is 5.97 Å². The molecule has 1 aliphatic carbocycles. The van der Waals surface area contributed by atoms with Crippen LogP contribution in [-0.2, 0) is 27.2 Å². The third-order valence-corrected chi connectivity index (χ3v) is 3.70. The van der Waals surface area contributed by atoms with Crippen molar-refractivity contribution >= 4 is 11.9 Å². The topological polar surface area (TPSA) is 81.4 Å². The van der Waals surface area contributed by atoms with E-state index in [0.29, 0.717) is 0 Å². The van der Waals surface area contributed by atoms with Crippen LogP contribution in [0.4, 0.5) is 0 Å². The van der Waals surface area contributed by atoms with E-state index in [1.807, 2.05) is 12.1 Å². The molecule has 2 rings (SSSR count). The van der Waals surface area contributed by atoms with Gasteiger partial charge in [-0.15, -0.1) is 0 Å². The van der Waals surface area contributed by atoms with Crippen molar-refractivity contribution in [2.75, 3.05) is 6.61 Å². The van der Waals surface area contributed by atoms with E-state index in [-0.39, 0.29) is 24.5 Å². The van der Waals surface area contributed by atoms with Crippen LogP contribution in [0.3, 0.4) is 0 Å². The molecule has 0 aliphatic heterocycles. The molecular weight excluding hydrogens is 268 g/mol. The second-order valence-corrected chi connectivity index (χ2v) is 5.78. The Hall–Kier alpha value is -1.88. The van der Waals surface area contributed by atoms with E-state index in [2.05, 4.69) is 17.4 Å². The zero-order valence-corrected chi connectivity index (χ0v) is 12.5. The smallest absolute Gasteiger partial charge is 0.308 e. The molecular formula is C16H22N2O3. The van der Waals surface area contributed by atoms with Gasteiger partial charge < -0.3 is 10.5 Å². The van der Waals surface area contributed by atoms with Crippen LogP contribution in [0.1, 0.15) is 25.0 Å². The maximum Gasteiger partial charge on any atom is 0.308 e. The van der Waals surface area contributed by atoms with Gasteiger partial charge in [-0.05, 0) is 24.0 Å². The fourth-order valence-corrected chi connectivity index (χ4v) is 2.51. The summed E-state index contributed by atoms with van der Waals surface area (Å²) in [6.45, 7) is 3.49.